The minimum absolute atomic E-state index is 0.143. The zero-order chi connectivity index (χ0) is 21.6. The van der Waals surface area contributed by atoms with Crippen molar-refractivity contribution >= 4 is 17.0 Å². The summed E-state index contributed by atoms with van der Waals surface area (Å²) < 4.78 is 20.7. The number of anilines is 1. The Morgan fingerprint density at radius 1 is 1.13 bits per heavy atom. The summed E-state index contributed by atoms with van der Waals surface area (Å²) in [5.41, 5.74) is 8.64. The van der Waals surface area contributed by atoms with Crippen LogP contribution < -0.4 is 24.7 Å². The van der Waals surface area contributed by atoms with Crippen LogP contribution in [0, 0.1) is 0 Å². The van der Waals surface area contributed by atoms with Gasteiger partial charge in [-0.25, -0.2) is 9.13 Å². The van der Waals surface area contributed by atoms with Gasteiger partial charge in [-0.1, -0.05) is 24.3 Å². The van der Waals surface area contributed by atoms with E-state index in [0.717, 1.165) is 50.4 Å². The molecule has 1 saturated heterocycles. The number of quaternary nitrogens is 1. The second-order valence-electron chi connectivity index (χ2n) is 7.84. The predicted octanol–water partition coefficient (Wildman–Crippen LogP) is -0.125. The van der Waals surface area contributed by atoms with Crippen LogP contribution in [-0.4, -0.2) is 62.3 Å². The highest BCUT2D eigenvalue weighted by atomic mass is 16.5. The van der Waals surface area contributed by atoms with E-state index in [-0.39, 0.29) is 6.61 Å². The van der Waals surface area contributed by atoms with Crippen molar-refractivity contribution in [3.63, 3.8) is 0 Å². The summed E-state index contributed by atoms with van der Waals surface area (Å²) in [6, 6.07) is 15.5. The third kappa shape index (κ3) is 4.92. The Hall–Kier alpha value is -2.81. The van der Waals surface area contributed by atoms with E-state index in [9.17, 15) is 5.11 Å². The molecule has 4 N–H and O–H groups in total. The van der Waals surface area contributed by atoms with Crippen LogP contribution in [0.2, 0.25) is 0 Å². The second-order valence-corrected chi connectivity index (χ2v) is 7.84. The molecule has 1 atom stereocenters. The van der Waals surface area contributed by atoms with E-state index in [1.807, 2.05) is 47.0 Å². The van der Waals surface area contributed by atoms with Gasteiger partial charge < -0.3 is 24.2 Å². The summed E-state index contributed by atoms with van der Waals surface area (Å²) in [6.07, 6.45) is -0.721. The van der Waals surface area contributed by atoms with Crippen molar-refractivity contribution in [3.05, 3.63) is 48.5 Å². The van der Waals surface area contributed by atoms with Crippen LogP contribution in [-0.2, 0) is 17.8 Å². The fraction of sp³-hybridized carbons (Fsp3) is 0.435. The molecule has 1 aliphatic rings. The zero-order valence-corrected chi connectivity index (χ0v) is 18.0. The highest BCUT2D eigenvalue weighted by Crippen LogP contribution is 2.25. The number of aromatic nitrogens is 2. The average molecular weight is 429 g/mol. The van der Waals surface area contributed by atoms with Crippen molar-refractivity contribution < 1.29 is 28.8 Å². The lowest BCUT2D eigenvalue weighted by molar-refractivity contribution is -0.908. The first kappa shape index (κ1) is 21.4. The summed E-state index contributed by atoms with van der Waals surface area (Å²) in [6.45, 7) is 5.98. The topological polar surface area (TPSA) is 87.2 Å². The van der Waals surface area contributed by atoms with Crippen molar-refractivity contribution in [1.82, 2.24) is 4.57 Å². The SMILES string of the molecule is COc1ccccc1OCC(O)C[n+]1c(N)n(CC[NH+]2CCOCC2)c2ccccc21. The first-order valence-electron chi connectivity index (χ1n) is 10.8. The third-order valence-electron chi connectivity index (χ3n) is 5.80. The normalized spacial score (nSPS) is 15.8. The molecule has 2 heterocycles. The van der Waals surface area contributed by atoms with Gasteiger partial charge >= 0.3 is 5.95 Å². The van der Waals surface area contributed by atoms with Crippen molar-refractivity contribution in [1.29, 1.82) is 0 Å². The molecule has 1 fully saturated rings. The van der Waals surface area contributed by atoms with Gasteiger partial charge in [0.1, 0.15) is 56.5 Å². The van der Waals surface area contributed by atoms with Gasteiger partial charge in [-0.3, -0.25) is 5.73 Å². The quantitative estimate of drug-likeness (QED) is 0.414. The molecule has 0 bridgehead atoms. The summed E-state index contributed by atoms with van der Waals surface area (Å²) in [5, 5.41) is 10.7. The van der Waals surface area contributed by atoms with E-state index in [0.29, 0.717) is 24.0 Å². The number of rotatable bonds is 9. The molecule has 166 valence electrons. The lowest BCUT2D eigenvalue weighted by Crippen LogP contribution is -3.14. The predicted molar refractivity (Wildman–Crippen MR) is 117 cm³/mol. The van der Waals surface area contributed by atoms with E-state index in [4.69, 9.17) is 19.9 Å². The number of nitrogen functional groups attached to an aromatic ring is 1. The zero-order valence-electron chi connectivity index (χ0n) is 18.0. The molecule has 0 saturated carbocycles. The smallest absolute Gasteiger partial charge is 0.356 e. The maximum Gasteiger partial charge on any atom is 0.356 e. The van der Waals surface area contributed by atoms with Crippen molar-refractivity contribution in [3.8, 4) is 11.5 Å². The number of methoxy groups -OCH3 is 1. The molecule has 4 rings (SSSR count). The molecule has 1 aromatic heterocycles. The molecule has 1 aliphatic heterocycles. The van der Waals surface area contributed by atoms with E-state index < -0.39 is 6.10 Å². The Morgan fingerprint density at radius 2 is 1.84 bits per heavy atom. The van der Waals surface area contributed by atoms with Crippen LogP contribution >= 0.6 is 0 Å². The van der Waals surface area contributed by atoms with Gasteiger partial charge in [-0.2, -0.15) is 0 Å². The molecule has 0 aliphatic carbocycles. The van der Waals surface area contributed by atoms with Crippen LogP contribution in [0.4, 0.5) is 5.95 Å². The number of nitrogens with two attached hydrogens (primary N) is 1. The summed E-state index contributed by atoms with van der Waals surface area (Å²) in [5.74, 6) is 1.90. The van der Waals surface area contributed by atoms with Gasteiger partial charge in [0.05, 0.1) is 20.3 Å². The fourth-order valence-corrected chi connectivity index (χ4v) is 4.11. The number of ether oxygens (including phenoxy) is 3. The molecule has 0 spiro atoms. The maximum absolute atomic E-state index is 10.7. The molecule has 2 aromatic carbocycles. The number of nitrogens with one attached hydrogen (secondary N) is 1. The molecule has 31 heavy (non-hydrogen) atoms. The van der Waals surface area contributed by atoms with Crippen molar-refractivity contribution in [2.24, 2.45) is 0 Å². The fourth-order valence-electron chi connectivity index (χ4n) is 4.11. The van der Waals surface area contributed by atoms with Crippen LogP contribution in [0.1, 0.15) is 0 Å². The van der Waals surface area contributed by atoms with Gasteiger partial charge in [-0.05, 0) is 24.3 Å². The number of morpholine rings is 1. The van der Waals surface area contributed by atoms with Crippen molar-refractivity contribution in [2.45, 2.75) is 19.2 Å². The van der Waals surface area contributed by atoms with E-state index in [1.54, 1.807) is 7.11 Å². The number of fused-ring (bicyclic) bond motifs is 1. The summed E-state index contributed by atoms with van der Waals surface area (Å²) >= 11 is 0. The van der Waals surface area contributed by atoms with Gasteiger partial charge in [-0.15, -0.1) is 0 Å². The minimum atomic E-state index is -0.721. The van der Waals surface area contributed by atoms with E-state index in [2.05, 4.69) is 10.6 Å². The molecule has 3 aromatic rings. The van der Waals surface area contributed by atoms with Crippen LogP contribution in [0.15, 0.2) is 48.5 Å². The van der Waals surface area contributed by atoms with E-state index >= 15 is 0 Å². The molecule has 1 unspecified atom stereocenters. The summed E-state index contributed by atoms with van der Waals surface area (Å²) in [7, 11) is 1.60. The minimum Gasteiger partial charge on any atom is -0.493 e. The Balaban J connectivity index is 1.47. The van der Waals surface area contributed by atoms with Gasteiger partial charge in [0.2, 0.25) is 0 Å². The highest BCUT2D eigenvalue weighted by Gasteiger charge is 2.24. The Labute approximate surface area is 182 Å². The number of benzene rings is 2. The molecule has 0 radical (unpaired) electrons. The third-order valence-corrected chi connectivity index (χ3v) is 5.80. The molecule has 0 amide bonds. The number of aliphatic hydroxyl groups is 1. The Morgan fingerprint density at radius 3 is 2.61 bits per heavy atom. The molecular weight excluding hydrogens is 396 g/mol. The number of aliphatic hydroxyl groups excluding tert-OH is 1. The second kappa shape index (κ2) is 10.00. The number of hydrogen-bond acceptors (Lipinski definition) is 5. The van der Waals surface area contributed by atoms with Crippen LogP contribution in [0.3, 0.4) is 0 Å². The first-order chi connectivity index (χ1) is 15.2. The number of para-hydroxylation sites is 4. The van der Waals surface area contributed by atoms with Crippen molar-refractivity contribution in [2.75, 3.05) is 52.3 Å². The maximum atomic E-state index is 10.7. The molecular formula is C23H32N4O4+2. The lowest BCUT2D eigenvalue weighted by atomic mass is 10.3. The van der Waals surface area contributed by atoms with Crippen LogP contribution in [0.5, 0.6) is 11.5 Å². The largest absolute Gasteiger partial charge is 0.493 e. The van der Waals surface area contributed by atoms with E-state index in [1.165, 1.54) is 4.90 Å². The van der Waals surface area contributed by atoms with Gasteiger partial charge in [0.15, 0.2) is 11.5 Å². The Kier molecular flexibility index (Phi) is 6.91. The monoisotopic (exact) mass is 428 g/mol. The number of imidazole rings is 1. The molecule has 8 nitrogen and oxygen atoms in total. The first-order valence-corrected chi connectivity index (χ1v) is 10.8. The molecule has 8 heteroatoms. The summed E-state index contributed by atoms with van der Waals surface area (Å²) in [4.78, 5) is 1.53. The van der Waals surface area contributed by atoms with Gasteiger partial charge in [0, 0.05) is 0 Å². The standard InChI is InChI=1S/C23H30N4O4/c1-29-21-8-4-5-9-22(21)31-17-18(28)16-27-20-7-3-2-6-19(20)26(23(27)24)11-10-25-12-14-30-15-13-25/h2-9,18,24,28H,10-17H2,1H3/p+2. The lowest BCUT2D eigenvalue weighted by Gasteiger charge is -2.23. The number of hydrogen-bond donors (Lipinski definition) is 3. The Bertz CT molecular complexity index is 1000. The average Bonchev–Trinajstić information content (AvgIpc) is 3.08. The van der Waals surface area contributed by atoms with Crippen LogP contribution in [0.25, 0.3) is 11.0 Å². The highest BCUT2D eigenvalue weighted by molar-refractivity contribution is 5.73. The number of nitrogens with zero attached hydrogens (tertiary/aromatic N) is 2. The van der Waals surface area contributed by atoms with Gasteiger partial charge in [0.25, 0.3) is 0 Å².